The third-order valence-corrected chi connectivity index (χ3v) is 6.59. The number of anilines is 1. The number of piperazine rings is 2. The molecule has 0 aromatic carbocycles. The molecule has 10 heteroatoms. The first kappa shape index (κ1) is 18.1. The molecule has 0 radical (unpaired) electrons. The Labute approximate surface area is 148 Å². The lowest BCUT2D eigenvalue weighted by Gasteiger charge is -2.39. The van der Waals surface area contributed by atoms with Crippen molar-refractivity contribution in [3.8, 4) is 0 Å². The number of amides is 2. The van der Waals surface area contributed by atoms with E-state index in [9.17, 15) is 13.2 Å². The Bertz CT molecular complexity index is 682. The average molecular weight is 368 g/mol. The Morgan fingerprint density at radius 1 is 1.04 bits per heavy atom. The van der Waals surface area contributed by atoms with Gasteiger partial charge in [-0.2, -0.15) is 17.0 Å². The largest absolute Gasteiger partial charge is 0.322 e. The summed E-state index contributed by atoms with van der Waals surface area (Å²) in [4.78, 5) is 20.0. The second-order valence-electron chi connectivity index (χ2n) is 6.27. The molecule has 2 amide bonds. The van der Waals surface area contributed by atoms with Gasteiger partial charge in [-0.15, -0.1) is 0 Å². The number of likely N-dealkylation sites (N-methyl/N-ethyl adjacent to an activating group) is 1. The van der Waals surface area contributed by atoms with Crippen LogP contribution in [-0.4, -0.2) is 97.2 Å². The molecule has 0 unspecified atom stereocenters. The van der Waals surface area contributed by atoms with Crippen molar-refractivity contribution >= 4 is 21.9 Å². The first-order chi connectivity index (χ1) is 12.0. The molecule has 2 fully saturated rings. The molecule has 9 nitrogen and oxygen atoms in total. The molecule has 2 aliphatic heterocycles. The quantitative estimate of drug-likeness (QED) is 0.793. The number of hydrogen-bond donors (Lipinski definition) is 1. The van der Waals surface area contributed by atoms with Crippen LogP contribution in [0.25, 0.3) is 0 Å². The van der Waals surface area contributed by atoms with Crippen molar-refractivity contribution in [2.45, 2.75) is 0 Å². The molecule has 2 saturated heterocycles. The number of nitrogens with one attached hydrogen (secondary N) is 1. The van der Waals surface area contributed by atoms with Gasteiger partial charge in [0.2, 0.25) is 0 Å². The Kier molecular flexibility index (Phi) is 5.52. The Morgan fingerprint density at radius 3 is 2.20 bits per heavy atom. The maximum atomic E-state index is 12.7. The van der Waals surface area contributed by atoms with E-state index in [1.165, 1.54) is 4.31 Å². The van der Waals surface area contributed by atoms with Crippen LogP contribution in [0.1, 0.15) is 0 Å². The monoisotopic (exact) mass is 368 g/mol. The van der Waals surface area contributed by atoms with Crippen molar-refractivity contribution in [1.82, 2.24) is 23.4 Å². The van der Waals surface area contributed by atoms with Crippen LogP contribution in [0.5, 0.6) is 0 Å². The van der Waals surface area contributed by atoms with E-state index in [1.807, 2.05) is 7.05 Å². The van der Waals surface area contributed by atoms with Crippen LogP contribution in [0, 0.1) is 0 Å². The maximum absolute atomic E-state index is 12.7. The van der Waals surface area contributed by atoms with Crippen molar-refractivity contribution in [3.05, 3.63) is 24.5 Å². The third-order valence-electron chi connectivity index (χ3n) is 4.55. The van der Waals surface area contributed by atoms with Gasteiger partial charge < -0.3 is 15.1 Å². The molecule has 3 heterocycles. The van der Waals surface area contributed by atoms with Crippen LogP contribution in [0.2, 0.25) is 0 Å². The zero-order chi connectivity index (χ0) is 17.9. The summed E-state index contributed by atoms with van der Waals surface area (Å²) in [6, 6.07) is 3.28. The highest BCUT2D eigenvalue weighted by Crippen LogP contribution is 2.15. The lowest BCUT2D eigenvalue weighted by atomic mass is 10.4. The first-order valence-electron chi connectivity index (χ1n) is 8.36. The van der Waals surface area contributed by atoms with E-state index in [1.54, 1.807) is 33.7 Å². The molecule has 0 spiro atoms. The molecule has 1 N–H and O–H groups in total. The standard InChI is InChI=1S/C15H24N6O3S/c1-18-5-9-20(10-6-18)25(23,24)21-11-7-19(8-12-21)15(22)17-14-3-2-4-16-13-14/h2-4,13H,5-12H2,1H3,(H,17,22). The van der Waals surface area contributed by atoms with Crippen LogP contribution in [0.15, 0.2) is 24.5 Å². The molecule has 1 aromatic heterocycles. The molecule has 0 aliphatic carbocycles. The number of nitrogens with zero attached hydrogens (tertiary/aromatic N) is 5. The van der Waals surface area contributed by atoms with E-state index < -0.39 is 10.2 Å². The number of hydrogen-bond acceptors (Lipinski definition) is 5. The average Bonchev–Trinajstić information content (AvgIpc) is 2.63. The molecule has 1 aromatic rings. The number of rotatable bonds is 3. The zero-order valence-electron chi connectivity index (χ0n) is 14.3. The number of carbonyl (C=O) groups is 1. The SMILES string of the molecule is CN1CCN(S(=O)(=O)N2CCN(C(=O)Nc3cccnc3)CC2)CC1. The van der Waals surface area contributed by atoms with Gasteiger partial charge in [0.05, 0.1) is 11.9 Å². The summed E-state index contributed by atoms with van der Waals surface area (Å²) < 4.78 is 28.5. The van der Waals surface area contributed by atoms with Crippen LogP contribution in [0.4, 0.5) is 10.5 Å². The minimum absolute atomic E-state index is 0.232. The zero-order valence-corrected chi connectivity index (χ0v) is 15.2. The number of carbonyl (C=O) groups excluding carboxylic acids is 1. The van der Waals surface area contributed by atoms with E-state index in [0.717, 1.165) is 13.1 Å². The minimum Gasteiger partial charge on any atom is -0.322 e. The minimum atomic E-state index is -3.44. The fourth-order valence-corrected chi connectivity index (χ4v) is 4.52. The first-order valence-corrected chi connectivity index (χ1v) is 9.76. The molecule has 3 rings (SSSR count). The van der Waals surface area contributed by atoms with E-state index in [0.29, 0.717) is 45.0 Å². The van der Waals surface area contributed by atoms with Crippen molar-refractivity contribution in [1.29, 1.82) is 0 Å². The number of aromatic nitrogens is 1. The highest BCUT2D eigenvalue weighted by molar-refractivity contribution is 7.86. The van der Waals surface area contributed by atoms with E-state index in [2.05, 4.69) is 15.2 Å². The van der Waals surface area contributed by atoms with Crippen LogP contribution in [0.3, 0.4) is 0 Å². The van der Waals surface area contributed by atoms with Gasteiger partial charge in [-0.1, -0.05) is 0 Å². The second-order valence-corrected chi connectivity index (χ2v) is 8.20. The number of urea groups is 1. The molecule has 0 atom stereocenters. The van der Waals surface area contributed by atoms with Gasteiger partial charge in [0.15, 0.2) is 0 Å². The van der Waals surface area contributed by atoms with Gasteiger partial charge in [0.1, 0.15) is 0 Å². The highest BCUT2D eigenvalue weighted by Gasteiger charge is 2.34. The van der Waals surface area contributed by atoms with E-state index in [4.69, 9.17) is 0 Å². The lowest BCUT2D eigenvalue weighted by Crippen LogP contribution is -2.57. The smallest absolute Gasteiger partial charge is 0.321 e. The van der Waals surface area contributed by atoms with Gasteiger partial charge in [-0.25, -0.2) is 4.79 Å². The molecule has 0 bridgehead atoms. The highest BCUT2D eigenvalue weighted by atomic mass is 32.2. The summed E-state index contributed by atoms with van der Waals surface area (Å²) in [5.74, 6) is 0. The van der Waals surface area contributed by atoms with Crippen LogP contribution in [-0.2, 0) is 10.2 Å². The predicted molar refractivity (Wildman–Crippen MR) is 94.4 cm³/mol. The topological polar surface area (TPSA) is 89.1 Å². The predicted octanol–water partition coefficient (Wildman–Crippen LogP) is -0.277. The summed E-state index contributed by atoms with van der Waals surface area (Å²) in [6.45, 7) is 3.89. The summed E-state index contributed by atoms with van der Waals surface area (Å²) in [7, 11) is -1.46. The fraction of sp³-hybridized carbons (Fsp3) is 0.600. The van der Waals surface area contributed by atoms with E-state index in [-0.39, 0.29) is 6.03 Å². The van der Waals surface area contributed by atoms with E-state index >= 15 is 0 Å². The fourth-order valence-electron chi connectivity index (χ4n) is 2.94. The Hall–Kier alpha value is -1.75. The van der Waals surface area contributed by atoms with Crippen LogP contribution < -0.4 is 5.32 Å². The van der Waals surface area contributed by atoms with Crippen molar-refractivity contribution < 1.29 is 13.2 Å². The van der Waals surface area contributed by atoms with Crippen LogP contribution >= 0.6 is 0 Å². The van der Waals surface area contributed by atoms with Gasteiger partial charge >= 0.3 is 6.03 Å². The summed E-state index contributed by atoms with van der Waals surface area (Å²) in [6.07, 6.45) is 3.21. The number of pyridine rings is 1. The second kappa shape index (κ2) is 7.65. The molecule has 138 valence electrons. The summed E-state index contributed by atoms with van der Waals surface area (Å²) >= 11 is 0. The maximum Gasteiger partial charge on any atom is 0.321 e. The Morgan fingerprint density at radius 2 is 1.64 bits per heavy atom. The van der Waals surface area contributed by atoms with Crippen molar-refractivity contribution in [3.63, 3.8) is 0 Å². The van der Waals surface area contributed by atoms with Crippen molar-refractivity contribution in [2.24, 2.45) is 0 Å². The molecule has 0 saturated carbocycles. The van der Waals surface area contributed by atoms with Gasteiger partial charge in [0, 0.05) is 58.6 Å². The third kappa shape index (κ3) is 4.27. The van der Waals surface area contributed by atoms with Gasteiger partial charge in [0.25, 0.3) is 10.2 Å². The Balaban J connectivity index is 1.53. The van der Waals surface area contributed by atoms with Crippen molar-refractivity contribution in [2.75, 3.05) is 64.7 Å². The lowest BCUT2D eigenvalue weighted by molar-refractivity contribution is 0.173. The summed E-state index contributed by atoms with van der Waals surface area (Å²) in [5.41, 5.74) is 0.625. The van der Waals surface area contributed by atoms with Gasteiger partial charge in [-0.3, -0.25) is 4.98 Å². The summed E-state index contributed by atoms with van der Waals surface area (Å²) in [5, 5.41) is 2.77. The molecule has 25 heavy (non-hydrogen) atoms. The molecular weight excluding hydrogens is 344 g/mol. The normalized spacial score (nSPS) is 21.2. The molecule has 2 aliphatic rings. The molecular formula is C15H24N6O3S. The van der Waals surface area contributed by atoms with Gasteiger partial charge in [-0.05, 0) is 19.2 Å².